The van der Waals surface area contributed by atoms with Gasteiger partial charge in [0, 0.05) is 31.3 Å². The van der Waals surface area contributed by atoms with Crippen molar-refractivity contribution in [1.29, 1.82) is 0 Å². The number of nitrogens with zero attached hydrogens (tertiary/aromatic N) is 2. The number of hydrogen-bond donors (Lipinski definition) is 2. The molecule has 1 aromatic rings. The summed E-state index contributed by atoms with van der Waals surface area (Å²) in [6, 6.07) is 0.0306. The van der Waals surface area contributed by atoms with Gasteiger partial charge >= 0.3 is 0 Å². The molecule has 1 saturated carbocycles. The van der Waals surface area contributed by atoms with Crippen LogP contribution in [0.5, 0.6) is 0 Å². The molecule has 2 N–H and O–H groups in total. The number of aliphatic hydroxyl groups excluding tert-OH is 1. The molecule has 2 fully saturated rings. The summed E-state index contributed by atoms with van der Waals surface area (Å²) in [5.41, 5.74) is -0.557. The molecule has 2 heterocycles. The predicted octanol–water partition coefficient (Wildman–Crippen LogP) is 0.293. The number of fused-ring (bicyclic) bond motifs is 1. The quantitative estimate of drug-likeness (QED) is 0.834. The monoisotopic (exact) mass is 307 g/mol. The Balaban J connectivity index is 1.84. The van der Waals surface area contributed by atoms with Crippen molar-refractivity contribution >= 4 is 5.91 Å². The molecule has 2 aliphatic rings. The van der Waals surface area contributed by atoms with Crippen molar-refractivity contribution < 1.29 is 14.6 Å². The van der Waals surface area contributed by atoms with E-state index in [1.165, 1.54) is 13.3 Å². The Kier molecular flexibility index (Phi) is 4.01. The molecule has 22 heavy (non-hydrogen) atoms. The van der Waals surface area contributed by atoms with Crippen LogP contribution in [-0.2, 0) is 11.3 Å². The van der Waals surface area contributed by atoms with Crippen LogP contribution in [0.4, 0.5) is 0 Å². The summed E-state index contributed by atoms with van der Waals surface area (Å²) in [6.45, 7) is 0.885. The van der Waals surface area contributed by atoms with Crippen LogP contribution in [0.1, 0.15) is 41.9 Å². The lowest BCUT2D eigenvalue weighted by atomic mass is 9.83. The lowest BCUT2D eigenvalue weighted by molar-refractivity contribution is 0.0622. The van der Waals surface area contributed by atoms with Gasteiger partial charge in [-0.15, -0.1) is 0 Å². The van der Waals surface area contributed by atoms with E-state index >= 15 is 0 Å². The van der Waals surface area contributed by atoms with Crippen molar-refractivity contribution in [3.8, 4) is 0 Å². The summed E-state index contributed by atoms with van der Waals surface area (Å²) in [5, 5.41) is 9.72. The van der Waals surface area contributed by atoms with Crippen molar-refractivity contribution in [2.45, 2.75) is 38.3 Å². The highest BCUT2D eigenvalue weighted by molar-refractivity contribution is 5.94. The maximum atomic E-state index is 12.7. The van der Waals surface area contributed by atoms with Crippen LogP contribution in [-0.4, -0.2) is 52.2 Å². The van der Waals surface area contributed by atoms with E-state index in [4.69, 9.17) is 4.74 Å². The van der Waals surface area contributed by atoms with Gasteiger partial charge in [0.05, 0.1) is 6.61 Å². The number of aromatic amines is 1. The van der Waals surface area contributed by atoms with E-state index < -0.39 is 5.56 Å². The molecule has 1 saturated heterocycles. The number of amides is 1. The Hall–Kier alpha value is -1.73. The van der Waals surface area contributed by atoms with Crippen molar-refractivity contribution in [2.24, 2.45) is 5.41 Å². The standard InChI is InChI=1S/C15H21N3O4/c1-22-8-12-16-7-10(13(20)17-12)14(21)18-6-5-15(9-19)4-2-3-11(15)18/h7,11,19H,2-6,8-9H2,1H3,(H,16,17,20)/t11-,15-/m1/s1. The van der Waals surface area contributed by atoms with Crippen LogP contribution >= 0.6 is 0 Å². The van der Waals surface area contributed by atoms with Crippen molar-refractivity contribution in [3.63, 3.8) is 0 Å². The highest BCUT2D eigenvalue weighted by Crippen LogP contribution is 2.48. The molecule has 0 radical (unpaired) electrons. The first-order valence-electron chi connectivity index (χ1n) is 7.60. The number of likely N-dealkylation sites (tertiary alicyclic amines) is 1. The van der Waals surface area contributed by atoms with Gasteiger partial charge in [-0.3, -0.25) is 9.59 Å². The average Bonchev–Trinajstić information content (AvgIpc) is 3.06. The number of carbonyl (C=O) groups is 1. The molecular weight excluding hydrogens is 286 g/mol. The maximum Gasteiger partial charge on any atom is 0.263 e. The van der Waals surface area contributed by atoms with Gasteiger partial charge < -0.3 is 19.7 Å². The highest BCUT2D eigenvalue weighted by atomic mass is 16.5. The van der Waals surface area contributed by atoms with E-state index in [0.717, 1.165) is 25.7 Å². The summed E-state index contributed by atoms with van der Waals surface area (Å²) in [4.78, 5) is 33.2. The summed E-state index contributed by atoms with van der Waals surface area (Å²) >= 11 is 0. The van der Waals surface area contributed by atoms with Gasteiger partial charge in [0.2, 0.25) is 0 Å². The predicted molar refractivity (Wildman–Crippen MR) is 78.4 cm³/mol. The number of hydrogen-bond acceptors (Lipinski definition) is 5. The van der Waals surface area contributed by atoms with Gasteiger partial charge in [-0.2, -0.15) is 0 Å². The third kappa shape index (κ3) is 2.34. The summed E-state index contributed by atoms with van der Waals surface area (Å²) in [7, 11) is 1.51. The Bertz CT molecular complexity index is 629. The van der Waals surface area contributed by atoms with Crippen LogP contribution in [0, 0.1) is 5.41 Å². The van der Waals surface area contributed by atoms with E-state index in [2.05, 4.69) is 9.97 Å². The molecule has 7 heteroatoms. The minimum atomic E-state index is -0.438. The SMILES string of the molecule is COCc1ncc(C(=O)N2CC[C@@]3(CO)CCC[C@@H]23)c(=O)[nH]1. The number of aromatic nitrogens is 2. The maximum absolute atomic E-state index is 12.7. The number of rotatable bonds is 4. The molecule has 120 valence electrons. The molecular formula is C15H21N3O4. The normalized spacial score (nSPS) is 27.2. The third-order valence-corrected chi connectivity index (χ3v) is 5.03. The largest absolute Gasteiger partial charge is 0.396 e. The molecule has 0 aromatic carbocycles. The highest BCUT2D eigenvalue weighted by Gasteiger charge is 2.51. The van der Waals surface area contributed by atoms with Gasteiger partial charge in [-0.1, -0.05) is 6.42 Å². The van der Waals surface area contributed by atoms with Crippen molar-refractivity contribution in [3.05, 3.63) is 27.9 Å². The lowest BCUT2D eigenvalue weighted by Gasteiger charge is -2.30. The second-order valence-corrected chi connectivity index (χ2v) is 6.18. The van der Waals surface area contributed by atoms with E-state index in [1.807, 2.05) is 0 Å². The van der Waals surface area contributed by atoms with E-state index in [0.29, 0.717) is 12.4 Å². The Morgan fingerprint density at radius 1 is 1.59 bits per heavy atom. The smallest absolute Gasteiger partial charge is 0.263 e. The summed E-state index contributed by atoms with van der Waals surface area (Å²) < 4.78 is 4.91. The van der Waals surface area contributed by atoms with E-state index in [-0.39, 0.29) is 36.1 Å². The Labute approximate surface area is 128 Å². The fourth-order valence-corrected chi connectivity index (χ4v) is 3.85. The topological polar surface area (TPSA) is 95.5 Å². The van der Waals surface area contributed by atoms with E-state index in [9.17, 15) is 14.7 Å². The number of methoxy groups -OCH3 is 1. The molecule has 3 rings (SSSR count). The zero-order valence-electron chi connectivity index (χ0n) is 12.7. The summed E-state index contributed by atoms with van der Waals surface area (Å²) in [5.74, 6) is 0.107. The fraction of sp³-hybridized carbons (Fsp3) is 0.667. The average molecular weight is 307 g/mol. The Morgan fingerprint density at radius 3 is 3.09 bits per heavy atom. The van der Waals surface area contributed by atoms with Gasteiger partial charge in [0.1, 0.15) is 18.0 Å². The number of H-pyrrole nitrogens is 1. The first-order chi connectivity index (χ1) is 10.6. The molecule has 1 aromatic heterocycles. The van der Waals surface area contributed by atoms with Gasteiger partial charge in [-0.25, -0.2) is 4.98 Å². The van der Waals surface area contributed by atoms with Gasteiger partial charge in [-0.05, 0) is 19.3 Å². The van der Waals surface area contributed by atoms with E-state index in [1.54, 1.807) is 4.90 Å². The molecule has 1 aliphatic heterocycles. The van der Waals surface area contributed by atoms with Gasteiger partial charge in [0.25, 0.3) is 11.5 Å². The van der Waals surface area contributed by atoms with Crippen molar-refractivity contribution in [2.75, 3.05) is 20.3 Å². The number of nitrogens with one attached hydrogen (secondary N) is 1. The number of ether oxygens (including phenoxy) is 1. The molecule has 0 spiro atoms. The molecule has 0 bridgehead atoms. The zero-order chi connectivity index (χ0) is 15.7. The first kappa shape index (κ1) is 15.2. The third-order valence-electron chi connectivity index (χ3n) is 5.03. The molecule has 1 aliphatic carbocycles. The number of aliphatic hydroxyl groups is 1. The lowest BCUT2D eigenvalue weighted by Crippen LogP contribution is -2.42. The van der Waals surface area contributed by atoms with Crippen LogP contribution in [0.2, 0.25) is 0 Å². The van der Waals surface area contributed by atoms with Crippen LogP contribution < -0.4 is 5.56 Å². The minimum Gasteiger partial charge on any atom is -0.396 e. The number of carbonyl (C=O) groups excluding carboxylic acids is 1. The molecule has 0 unspecified atom stereocenters. The molecule has 2 atom stereocenters. The second-order valence-electron chi connectivity index (χ2n) is 6.18. The fourth-order valence-electron chi connectivity index (χ4n) is 3.85. The van der Waals surface area contributed by atoms with Crippen molar-refractivity contribution in [1.82, 2.24) is 14.9 Å². The van der Waals surface area contributed by atoms with Crippen LogP contribution in [0.3, 0.4) is 0 Å². The summed E-state index contributed by atoms with van der Waals surface area (Å²) in [6.07, 6.45) is 4.96. The second kappa shape index (κ2) is 5.81. The first-order valence-corrected chi connectivity index (χ1v) is 7.60. The molecule has 7 nitrogen and oxygen atoms in total. The Morgan fingerprint density at radius 2 is 2.41 bits per heavy atom. The van der Waals surface area contributed by atoms with Gasteiger partial charge in [0.15, 0.2) is 0 Å². The minimum absolute atomic E-state index is 0.0306. The molecule has 1 amide bonds. The van der Waals surface area contributed by atoms with Crippen LogP contribution in [0.25, 0.3) is 0 Å². The zero-order valence-corrected chi connectivity index (χ0v) is 12.7. The van der Waals surface area contributed by atoms with Crippen LogP contribution in [0.15, 0.2) is 11.0 Å².